The Morgan fingerprint density at radius 2 is 1.00 bits per heavy atom. The van der Waals surface area contributed by atoms with Gasteiger partial charge in [-0.3, -0.25) is 4.70 Å². The van der Waals surface area contributed by atoms with Gasteiger partial charge in [0, 0.05) is 17.1 Å². The fourth-order valence-corrected chi connectivity index (χ4v) is 0.642. The Kier molecular flexibility index (Phi) is 11.6. The summed E-state index contributed by atoms with van der Waals surface area (Å²) in [5.41, 5.74) is 0. The molecule has 0 atom stereocenters. The molecule has 0 saturated carbocycles. The molecule has 2 rings (SSSR count). The van der Waals surface area contributed by atoms with E-state index in [-0.39, 0.29) is 21.8 Å². The molecule has 0 radical (unpaired) electrons. The van der Waals surface area contributed by atoms with Crippen LogP contribution in [0.3, 0.4) is 0 Å². The average Bonchev–Trinajstić information content (AvgIpc) is 2.67. The molecule has 0 aliphatic carbocycles. The first-order chi connectivity index (χ1) is 5.00. The van der Waals surface area contributed by atoms with E-state index in [0.29, 0.717) is 0 Å². The van der Waals surface area contributed by atoms with E-state index in [4.69, 9.17) is 0 Å². The summed E-state index contributed by atoms with van der Waals surface area (Å²) in [6, 6.07) is 20.0. The van der Waals surface area contributed by atoms with Crippen LogP contribution in [0.1, 0.15) is 0 Å². The summed E-state index contributed by atoms with van der Waals surface area (Å²) in [6.07, 6.45) is 0. The van der Waals surface area contributed by atoms with Crippen LogP contribution >= 0.6 is 0 Å². The van der Waals surface area contributed by atoms with Crippen LogP contribution < -0.4 is 0 Å². The standard InChI is InChI=1S/2C5H5.FH.Fe/c2*1-2-4-5-3-1;;/h2*1-5H;1H;/q-5;-1;;. The van der Waals surface area contributed by atoms with E-state index in [1.54, 1.807) is 0 Å². The van der Waals surface area contributed by atoms with Crippen LogP contribution in [-0.2, 0) is 17.1 Å². The Hall–Kier alpha value is -0.851. The van der Waals surface area contributed by atoms with Crippen molar-refractivity contribution in [1.29, 1.82) is 0 Å². The van der Waals surface area contributed by atoms with Crippen LogP contribution in [-0.4, -0.2) is 0 Å². The molecule has 0 spiro atoms. The van der Waals surface area contributed by atoms with Gasteiger partial charge in [0.05, 0.1) is 0 Å². The molecule has 2 aromatic carbocycles. The molecule has 2 aromatic rings. The van der Waals surface area contributed by atoms with Crippen LogP contribution in [0.5, 0.6) is 0 Å². The zero-order chi connectivity index (χ0) is 7.07. The third-order valence-electron chi connectivity index (χ3n) is 1.11. The van der Waals surface area contributed by atoms with Crippen molar-refractivity contribution in [3.63, 3.8) is 0 Å². The van der Waals surface area contributed by atoms with Crippen LogP contribution in [0.15, 0.2) is 60.7 Å². The Bertz CT molecular complexity index is 149. The third kappa shape index (κ3) is 7.26. The van der Waals surface area contributed by atoms with Gasteiger partial charge in [-0.25, -0.2) is 12.1 Å². The number of halogens is 1. The minimum absolute atomic E-state index is 0. The number of rotatable bonds is 0. The van der Waals surface area contributed by atoms with Crippen molar-refractivity contribution in [3.05, 3.63) is 60.7 Å². The minimum Gasteiger partial charge on any atom is -0.748 e. The average molecular weight is 206 g/mol. The largest absolute Gasteiger partial charge is 0.748 e. The van der Waals surface area contributed by atoms with Crippen LogP contribution in [0.4, 0.5) is 4.70 Å². The van der Waals surface area contributed by atoms with Gasteiger partial charge in [-0.2, -0.15) is 18.2 Å². The first-order valence-corrected chi connectivity index (χ1v) is 3.33. The van der Waals surface area contributed by atoms with Gasteiger partial charge in [-0.1, -0.05) is 0 Å². The molecule has 0 fully saturated rings. The topological polar surface area (TPSA) is 0 Å². The predicted molar refractivity (Wildman–Crippen MR) is 46.6 cm³/mol. The Balaban J connectivity index is 0. The maximum Gasteiger partial charge on any atom is 0 e. The minimum atomic E-state index is 0. The fraction of sp³-hybridized carbons (Fsp3) is 0. The molecule has 0 aromatic heterocycles. The molecule has 0 unspecified atom stereocenters. The van der Waals surface area contributed by atoms with Crippen molar-refractivity contribution < 1.29 is 21.8 Å². The third-order valence-corrected chi connectivity index (χ3v) is 1.11. The van der Waals surface area contributed by atoms with Crippen molar-refractivity contribution in [3.8, 4) is 0 Å². The van der Waals surface area contributed by atoms with E-state index in [1.165, 1.54) is 0 Å². The van der Waals surface area contributed by atoms with Gasteiger partial charge in [0.1, 0.15) is 0 Å². The molecule has 0 N–H and O–H groups in total. The molecular weight excluding hydrogens is 195 g/mol. The number of hydrogen-bond acceptors (Lipinski definition) is 0. The SMILES string of the molecule is F.[Fe].[cH-]1[cH-][cH-][cH-][cH-]1.c1cc[cH-]c1. The van der Waals surface area contributed by atoms with Gasteiger partial charge in [0.25, 0.3) is 0 Å². The predicted octanol–water partition coefficient (Wildman–Crippen LogP) is 2.96. The molecular formula is C10H11FFe-6. The van der Waals surface area contributed by atoms with Crippen molar-refractivity contribution >= 4 is 0 Å². The molecule has 0 bridgehead atoms. The van der Waals surface area contributed by atoms with Crippen LogP contribution in [0.25, 0.3) is 0 Å². The second-order valence-electron chi connectivity index (χ2n) is 1.92. The molecule has 0 amide bonds. The second-order valence-corrected chi connectivity index (χ2v) is 1.92. The first kappa shape index (κ1) is 13.7. The quantitative estimate of drug-likeness (QED) is 0.459. The van der Waals surface area contributed by atoms with E-state index in [0.717, 1.165) is 0 Å². The maximum absolute atomic E-state index is 2.00. The molecule has 72 valence electrons. The second kappa shape index (κ2) is 10.1. The first-order valence-electron chi connectivity index (χ1n) is 3.33. The summed E-state index contributed by atoms with van der Waals surface area (Å²) >= 11 is 0. The number of hydrogen-bond donors (Lipinski definition) is 0. The summed E-state index contributed by atoms with van der Waals surface area (Å²) in [5.74, 6) is 0. The van der Waals surface area contributed by atoms with Crippen LogP contribution in [0, 0.1) is 0 Å². The summed E-state index contributed by atoms with van der Waals surface area (Å²) in [7, 11) is 0. The van der Waals surface area contributed by atoms with Gasteiger partial charge >= 0.3 is 0 Å². The van der Waals surface area contributed by atoms with E-state index < -0.39 is 0 Å². The van der Waals surface area contributed by atoms with Crippen molar-refractivity contribution in [2.24, 2.45) is 0 Å². The van der Waals surface area contributed by atoms with E-state index in [1.807, 2.05) is 60.7 Å². The van der Waals surface area contributed by atoms with Crippen molar-refractivity contribution in [2.45, 2.75) is 0 Å². The Morgan fingerprint density at radius 3 is 1.17 bits per heavy atom. The summed E-state index contributed by atoms with van der Waals surface area (Å²) in [5, 5.41) is 0. The maximum atomic E-state index is 2.00. The van der Waals surface area contributed by atoms with Gasteiger partial charge in [-0.15, -0.1) is 0 Å². The van der Waals surface area contributed by atoms with Crippen molar-refractivity contribution in [2.75, 3.05) is 0 Å². The molecule has 0 heterocycles. The van der Waals surface area contributed by atoms with Crippen molar-refractivity contribution in [1.82, 2.24) is 0 Å². The molecule has 0 nitrogen and oxygen atoms in total. The molecule has 0 aliphatic rings. The smallest absolute Gasteiger partial charge is 0 e. The zero-order valence-corrected chi connectivity index (χ0v) is 7.64. The van der Waals surface area contributed by atoms with E-state index in [2.05, 4.69) is 0 Å². The van der Waals surface area contributed by atoms with E-state index in [9.17, 15) is 0 Å². The summed E-state index contributed by atoms with van der Waals surface area (Å²) in [6.45, 7) is 0. The molecule has 12 heavy (non-hydrogen) atoms. The van der Waals surface area contributed by atoms with E-state index >= 15 is 0 Å². The Labute approximate surface area is 82.8 Å². The van der Waals surface area contributed by atoms with Gasteiger partial charge in [0.2, 0.25) is 0 Å². The van der Waals surface area contributed by atoms with Gasteiger partial charge in [0.15, 0.2) is 0 Å². The fourth-order valence-electron chi connectivity index (χ4n) is 0.642. The molecule has 0 aliphatic heterocycles. The van der Waals surface area contributed by atoms with Crippen LogP contribution in [0.2, 0.25) is 0 Å². The Morgan fingerprint density at radius 1 is 0.667 bits per heavy atom. The monoisotopic (exact) mass is 206 g/mol. The normalized spacial score (nSPS) is 6.67. The molecule has 0 saturated heterocycles. The summed E-state index contributed by atoms with van der Waals surface area (Å²) < 4.78 is 0. The summed E-state index contributed by atoms with van der Waals surface area (Å²) in [4.78, 5) is 0. The zero-order valence-electron chi connectivity index (χ0n) is 6.54. The van der Waals surface area contributed by atoms with Gasteiger partial charge in [-0.05, 0) is 0 Å². The van der Waals surface area contributed by atoms with Gasteiger partial charge < -0.3 is 30.3 Å². The molecule has 2 heteroatoms.